The fourth-order valence-corrected chi connectivity index (χ4v) is 2.81. The van der Waals surface area contributed by atoms with Gasteiger partial charge in [-0.1, -0.05) is 30.3 Å². The normalized spacial score (nSPS) is 16.9. The Bertz CT molecular complexity index is 509. The van der Waals surface area contributed by atoms with Gasteiger partial charge in [0.25, 0.3) is 0 Å². The third kappa shape index (κ3) is 2.08. The number of ether oxygens (including phenoxy) is 1. The van der Waals surface area contributed by atoms with Crippen LogP contribution in [-0.4, -0.2) is 17.8 Å². The molecule has 94 valence electrons. The summed E-state index contributed by atoms with van der Waals surface area (Å²) < 4.78 is 7.86. The molecule has 0 N–H and O–H groups in total. The Morgan fingerprint density at radius 2 is 1.78 bits per heavy atom. The van der Waals surface area contributed by atoms with Gasteiger partial charge >= 0.3 is 0 Å². The summed E-state index contributed by atoms with van der Waals surface area (Å²) in [6.07, 6.45) is 4.49. The van der Waals surface area contributed by atoms with E-state index in [1.807, 2.05) is 0 Å². The molecular weight excluding hydrogens is 222 g/mol. The first-order valence-electron chi connectivity index (χ1n) is 6.67. The number of rotatable bonds is 2. The first-order valence-corrected chi connectivity index (χ1v) is 6.67. The zero-order valence-corrected chi connectivity index (χ0v) is 10.8. The summed E-state index contributed by atoms with van der Waals surface area (Å²) >= 11 is 0. The molecule has 2 heterocycles. The van der Waals surface area contributed by atoms with E-state index in [0.29, 0.717) is 6.04 Å². The van der Waals surface area contributed by atoms with Gasteiger partial charge in [0.15, 0.2) is 0 Å². The Kier molecular flexibility index (Phi) is 3.20. The zero-order valence-electron chi connectivity index (χ0n) is 10.8. The smallest absolute Gasteiger partial charge is 0.0485 e. The number of benzene rings is 1. The van der Waals surface area contributed by atoms with Gasteiger partial charge in [0.05, 0.1) is 0 Å². The number of nitrogens with zero attached hydrogens (tertiary/aromatic N) is 1. The molecule has 1 aliphatic heterocycles. The first-order chi connectivity index (χ1) is 8.86. The lowest BCUT2D eigenvalue weighted by atomic mass is 10.1. The van der Waals surface area contributed by atoms with Crippen molar-refractivity contribution < 1.29 is 4.74 Å². The molecule has 0 saturated carbocycles. The molecule has 0 spiro atoms. The van der Waals surface area contributed by atoms with E-state index in [1.165, 1.54) is 16.8 Å². The fourth-order valence-electron chi connectivity index (χ4n) is 2.81. The van der Waals surface area contributed by atoms with Crippen molar-refractivity contribution in [2.24, 2.45) is 0 Å². The molecule has 0 atom stereocenters. The fraction of sp³-hybridized carbons (Fsp3) is 0.375. The Hall–Kier alpha value is -1.54. The quantitative estimate of drug-likeness (QED) is 0.779. The van der Waals surface area contributed by atoms with E-state index in [1.54, 1.807) is 0 Å². The molecule has 1 aromatic carbocycles. The molecule has 0 unspecified atom stereocenters. The summed E-state index contributed by atoms with van der Waals surface area (Å²) in [6, 6.07) is 13.5. The SMILES string of the molecule is Cc1c(-c2ccccc2)ccn1C1CCOCC1. The number of aromatic nitrogens is 1. The summed E-state index contributed by atoms with van der Waals surface area (Å²) in [5.74, 6) is 0. The van der Waals surface area contributed by atoms with Crippen LogP contribution in [0.1, 0.15) is 24.6 Å². The average molecular weight is 241 g/mol. The molecule has 1 saturated heterocycles. The second-order valence-electron chi connectivity index (χ2n) is 4.93. The summed E-state index contributed by atoms with van der Waals surface area (Å²) in [5, 5.41) is 0. The third-order valence-electron chi connectivity index (χ3n) is 3.85. The summed E-state index contributed by atoms with van der Waals surface area (Å²) in [7, 11) is 0. The molecule has 2 heteroatoms. The van der Waals surface area contributed by atoms with Crippen LogP contribution in [0.25, 0.3) is 11.1 Å². The lowest BCUT2D eigenvalue weighted by Crippen LogP contribution is -2.19. The summed E-state index contributed by atoms with van der Waals surface area (Å²) in [6.45, 7) is 4.00. The van der Waals surface area contributed by atoms with Gasteiger partial charge in [0.2, 0.25) is 0 Å². The minimum absolute atomic E-state index is 0.608. The van der Waals surface area contributed by atoms with Crippen LogP contribution in [0, 0.1) is 6.92 Å². The molecular formula is C16H19NO. The highest BCUT2D eigenvalue weighted by atomic mass is 16.5. The van der Waals surface area contributed by atoms with Gasteiger partial charge in [0, 0.05) is 36.7 Å². The van der Waals surface area contributed by atoms with Crippen molar-refractivity contribution in [3.63, 3.8) is 0 Å². The molecule has 2 nitrogen and oxygen atoms in total. The lowest BCUT2D eigenvalue weighted by Gasteiger charge is -2.25. The molecule has 1 fully saturated rings. The van der Waals surface area contributed by atoms with Gasteiger partial charge < -0.3 is 9.30 Å². The van der Waals surface area contributed by atoms with E-state index in [4.69, 9.17) is 4.74 Å². The third-order valence-corrected chi connectivity index (χ3v) is 3.85. The van der Waals surface area contributed by atoms with Crippen molar-refractivity contribution >= 4 is 0 Å². The molecule has 18 heavy (non-hydrogen) atoms. The number of hydrogen-bond donors (Lipinski definition) is 0. The van der Waals surface area contributed by atoms with E-state index >= 15 is 0 Å². The predicted octanol–water partition coefficient (Wildman–Crippen LogP) is 3.82. The largest absolute Gasteiger partial charge is 0.381 e. The van der Waals surface area contributed by atoms with Crippen molar-refractivity contribution in [3.8, 4) is 11.1 Å². The van der Waals surface area contributed by atoms with Crippen LogP contribution in [0.4, 0.5) is 0 Å². The number of hydrogen-bond acceptors (Lipinski definition) is 1. The standard InChI is InChI=1S/C16H19NO/c1-13-16(14-5-3-2-4-6-14)7-10-17(13)15-8-11-18-12-9-15/h2-7,10,15H,8-9,11-12H2,1H3. The monoisotopic (exact) mass is 241 g/mol. The molecule has 0 bridgehead atoms. The van der Waals surface area contributed by atoms with Gasteiger partial charge in [-0.25, -0.2) is 0 Å². The van der Waals surface area contributed by atoms with Gasteiger partial charge in [0.1, 0.15) is 0 Å². The molecule has 2 aromatic rings. The van der Waals surface area contributed by atoms with Crippen LogP contribution in [0.5, 0.6) is 0 Å². The molecule has 0 aliphatic carbocycles. The van der Waals surface area contributed by atoms with Crippen LogP contribution in [0.3, 0.4) is 0 Å². The maximum absolute atomic E-state index is 5.44. The van der Waals surface area contributed by atoms with E-state index in [-0.39, 0.29) is 0 Å². The van der Waals surface area contributed by atoms with E-state index < -0.39 is 0 Å². The van der Waals surface area contributed by atoms with Gasteiger partial charge in [-0.2, -0.15) is 0 Å². The van der Waals surface area contributed by atoms with Crippen molar-refractivity contribution in [2.75, 3.05) is 13.2 Å². The van der Waals surface area contributed by atoms with E-state index in [0.717, 1.165) is 26.1 Å². The van der Waals surface area contributed by atoms with Crippen molar-refractivity contribution in [3.05, 3.63) is 48.3 Å². The highest BCUT2D eigenvalue weighted by molar-refractivity contribution is 5.66. The van der Waals surface area contributed by atoms with Gasteiger partial charge in [-0.3, -0.25) is 0 Å². The highest BCUT2D eigenvalue weighted by Crippen LogP contribution is 2.29. The Morgan fingerprint density at radius 3 is 2.50 bits per heavy atom. The van der Waals surface area contributed by atoms with E-state index in [2.05, 4.69) is 54.1 Å². The van der Waals surface area contributed by atoms with Crippen molar-refractivity contribution in [1.82, 2.24) is 4.57 Å². The Labute approximate surface area is 108 Å². The maximum atomic E-state index is 5.44. The molecule has 1 aliphatic rings. The van der Waals surface area contributed by atoms with E-state index in [9.17, 15) is 0 Å². The van der Waals surface area contributed by atoms with Crippen LogP contribution >= 0.6 is 0 Å². The molecule has 0 amide bonds. The second-order valence-corrected chi connectivity index (χ2v) is 4.93. The second kappa shape index (κ2) is 4.99. The Balaban J connectivity index is 1.92. The van der Waals surface area contributed by atoms with Crippen LogP contribution in [-0.2, 0) is 4.74 Å². The molecule has 0 radical (unpaired) electrons. The molecule has 3 rings (SSSR count). The Morgan fingerprint density at radius 1 is 1.06 bits per heavy atom. The van der Waals surface area contributed by atoms with Crippen molar-refractivity contribution in [1.29, 1.82) is 0 Å². The van der Waals surface area contributed by atoms with Gasteiger partial charge in [-0.15, -0.1) is 0 Å². The summed E-state index contributed by atoms with van der Waals surface area (Å²) in [4.78, 5) is 0. The highest BCUT2D eigenvalue weighted by Gasteiger charge is 2.18. The van der Waals surface area contributed by atoms with Crippen LogP contribution in [0.2, 0.25) is 0 Å². The summed E-state index contributed by atoms with van der Waals surface area (Å²) in [5.41, 5.74) is 4.02. The zero-order chi connectivity index (χ0) is 12.4. The maximum Gasteiger partial charge on any atom is 0.0485 e. The lowest BCUT2D eigenvalue weighted by molar-refractivity contribution is 0.0692. The first kappa shape index (κ1) is 11.5. The van der Waals surface area contributed by atoms with Gasteiger partial charge in [-0.05, 0) is 31.4 Å². The van der Waals surface area contributed by atoms with Crippen LogP contribution < -0.4 is 0 Å². The minimum Gasteiger partial charge on any atom is -0.381 e. The molecule has 1 aromatic heterocycles. The minimum atomic E-state index is 0.608. The average Bonchev–Trinajstić information content (AvgIpc) is 2.83. The van der Waals surface area contributed by atoms with Crippen LogP contribution in [0.15, 0.2) is 42.6 Å². The van der Waals surface area contributed by atoms with Crippen molar-refractivity contribution in [2.45, 2.75) is 25.8 Å². The topological polar surface area (TPSA) is 14.2 Å². The predicted molar refractivity (Wildman–Crippen MR) is 73.7 cm³/mol.